The van der Waals surface area contributed by atoms with E-state index < -0.39 is 31.0 Å². The van der Waals surface area contributed by atoms with E-state index in [1.165, 1.54) is 6.07 Å². The fraction of sp³-hybridized carbons (Fsp3) is 0.500. The lowest BCUT2D eigenvalue weighted by Gasteiger charge is -2.23. The molecule has 19 heavy (non-hydrogen) atoms. The monoisotopic (exact) mass is 306 g/mol. The van der Waals surface area contributed by atoms with E-state index in [0.29, 0.717) is 0 Å². The molecule has 1 aromatic rings. The van der Waals surface area contributed by atoms with Crippen molar-refractivity contribution in [3.63, 3.8) is 0 Å². The SMILES string of the molecule is CC1(NS(=O)(=O)c2ccc(=O)[nH]c2)CCS(=O)(=O)C1. The Bertz CT molecular complexity index is 730. The van der Waals surface area contributed by atoms with Crippen LogP contribution in [0.1, 0.15) is 13.3 Å². The van der Waals surface area contributed by atoms with Gasteiger partial charge < -0.3 is 4.98 Å². The van der Waals surface area contributed by atoms with E-state index in [1.807, 2.05) is 0 Å². The van der Waals surface area contributed by atoms with Crippen LogP contribution >= 0.6 is 0 Å². The maximum Gasteiger partial charge on any atom is 0.247 e. The molecular weight excluding hydrogens is 292 g/mol. The van der Waals surface area contributed by atoms with Crippen LogP contribution in [-0.2, 0) is 19.9 Å². The van der Waals surface area contributed by atoms with Crippen molar-refractivity contribution in [3.05, 3.63) is 28.7 Å². The molecule has 1 aliphatic heterocycles. The largest absolute Gasteiger partial charge is 0.328 e. The molecule has 0 amide bonds. The molecule has 0 radical (unpaired) electrons. The van der Waals surface area contributed by atoms with Gasteiger partial charge in [-0.05, 0) is 19.4 Å². The smallest absolute Gasteiger partial charge is 0.247 e. The van der Waals surface area contributed by atoms with Crippen molar-refractivity contribution in [1.82, 2.24) is 9.71 Å². The quantitative estimate of drug-likeness (QED) is 0.761. The van der Waals surface area contributed by atoms with Gasteiger partial charge in [0.25, 0.3) is 0 Å². The van der Waals surface area contributed by atoms with Crippen LogP contribution in [0, 0.1) is 0 Å². The number of sulfonamides is 1. The molecular formula is C10H14N2O5S2. The molecule has 0 bridgehead atoms. The topological polar surface area (TPSA) is 113 Å². The maximum absolute atomic E-state index is 12.1. The summed E-state index contributed by atoms with van der Waals surface area (Å²) in [6.07, 6.45) is 1.31. The summed E-state index contributed by atoms with van der Waals surface area (Å²) in [6.45, 7) is 1.56. The second kappa shape index (κ2) is 4.43. The zero-order chi connectivity index (χ0) is 14.3. The van der Waals surface area contributed by atoms with Gasteiger partial charge in [-0.25, -0.2) is 21.6 Å². The lowest BCUT2D eigenvalue weighted by molar-refractivity contribution is 0.461. The minimum absolute atomic E-state index is 0.0301. The third-order valence-electron chi connectivity index (χ3n) is 2.95. The van der Waals surface area contributed by atoms with E-state index in [9.17, 15) is 21.6 Å². The molecule has 2 rings (SSSR count). The Hall–Kier alpha value is -1.19. The third-order valence-corrected chi connectivity index (χ3v) is 6.49. The van der Waals surface area contributed by atoms with E-state index in [2.05, 4.69) is 9.71 Å². The Morgan fingerprint density at radius 1 is 1.37 bits per heavy atom. The molecule has 7 nitrogen and oxygen atoms in total. The molecule has 1 aromatic heterocycles. The first-order chi connectivity index (χ1) is 8.62. The summed E-state index contributed by atoms with van der Waals surface area (Å²) in [7, 11) is -7.05. The summed E-state index contributed by atoms with van der Waals surface area (Å²) in [5.74, 6) is -0.250. The van der Waals surface area contributed by atoms with Gasteiger partial charge in [0.15, 0.2) is 9.84 Å². The average molecular weight is 306 g/mol. The van der Waals surface area contributed by atoms with Crippen LogP contribution in [0.15, 0.2) is 28.0 Å². The molecule has 0 spiro atoms. The van der Waals surface area contributed by atoms with Crippen molar-refractivity contribution in [2.24, 2.45) is 0 Å². The molecule has 9 heteroatoms. The first-order valence-corrected chi connectivity index (χ1v) is 8.86. The number of aromatic amines is 1. The van der Waals surface area contributed by atoms with E-state index in [0.717, 1.165) is 12.3 Å². The first-order valence-electron chi connectivity index (χ1n) is 5.55. The van der Waals surface area contributed by atoms with Gasteiger partial charge in [-0.1, -0.05) is 0 Å². The van der Waals surface area contributed by atoms with Gasteiger partial charge in [0.2, 0.25) is 15.6 Å². The van der Waals surface area contributed by atoms with Crippen molar-refractivity contribution < 1.29 is 16.8 Å². The Kier molecular flexibility index (Phi) is 3.31. The van der Waals surface area contributed by atoms with Gasteiger partial charge in [-0.15, -0.1) is 0 Å². The van der Waals surface area contributed by atoms with E-state index >= 15 is 0 Å². The summed E-state index contributed by atoms with van der Waals surface area (Å²) in [5, 5.41) is 0. The normalized spacial score (nSPS) is 26.4. The molecule has 1 saturated heterocycles. The molecule has 1 unspecified atom stereocenters. The van der Waals surface area contributed by atoms with Crippen LogP contribution in [0.4, 0.5) is 0 Å². The maximum atomic E-state index is 12.1. The number of rotatable bonds is 3. The van der Waals surface area contributed by atoms with Crippen LogP contribution in [0.2, 0.25) is 0 Å². The van der Waals surface area contributed by atoms with Crippen LogP contribution in [0.5, 0.6) is 0 Å². The highest BCUT2D eigenvalue weighted by atomic mass is 32.2. The van der Waals surface area contributed by atoms with Crippen LogP contribution in [-0.4, -0.2) is 38.9 Å². The minimum atomic E-state index is -3.85. The van der Waals surface area contributed by atoms with E-state index in [1.54, 1.807) is 6.92 Å². The molecule has 1 fully saturated rings. The Labute approximate surface area is 111 Å². The molecule has 106 valence electrons. The number of H-pyrrole nitrogens is 1. The predicted molar refractivity (Wildman–Crippen MR) is 69.1 cm³/mol. The van der Waals surface area contributed by atoms with Crippen LogP contribution in [0.25, 0.3) is 0 Å². The fourth-order valence-electron chi connectivity index (χ4n) is 2.04. The highest BCUT2D eigenvalue weighted by Crippen LogP contribution is 2.24. The van der Waals surface area contributed by atoms with Gasteiger partial charge in [0.05, 0.1) is 16.4 Å². The Morgan fingerprint density at radius 3 is 2.53 bits per heavy atom. The van der Waals surface area contributed by atoms with Gasteiger partial charge in [0, 0.05) is 17.8 Å². The lowest BCUT2D eigenvalue weighted by Crippen LogP contribution is -2.46. The molecule has 2 N–H and O–H groups in total. The number of hydrogen-bond acceptors (Lipinski definition) is 5. The minimum Gasteiger partial charge on any atom is -0.328 e. The Balaban J connectivity index is 2.28. The van der Waals surface area contributed by atoms with E-state index in [4.69, 9.17) is 0 Å². The van der Waals surface area contributed by atoms with Crippen molar-refractivity contribution in [2.75, 3.05) is 11.5 Å². The third kappa shape index (κ3) is 3.23. The number of sulfone groups is 1. The van der Waals surface area contributed by atoms with Gasteiger partial charge in [0.1, 0.15) is 0 Å². The van der Waals surface area contributed by atoms with Crippen LogP contribution < -0.4 is 10.3 Å². The molecule has 0 aliphatic carbocycles. The van der Waals surface area contributed by atoms with Crippen LogP contribution in [0.3, 0.4) is 0 Å². The molecule has 0 aromatic carbocycles. The zero-order valence-electron chi connectivity index (χ0n) is 10.2. The molecule has 0 saturated carbocycles. The highest BCUT2D eigenvalue weighted by Gasteiger charge is 2.41. The van der Waals surface area contributed by atoms with E-state index in [-0.39, 0.29) is 22.8 Å². The van der Waals surface area contributed by atoms with Crippen molar-refractivity contribution in [2.45, 2.75) is 23.8 Å². The summed E-state index contributed by atoms with van der Waals surface area (Å²) in [4.78, 5) is 13.1. The summed E-state index contributed by atoms with van der Waals surface area (Å²) in [6, 6.07) is 2.27. The van der Waals surface area contributed by atoms with Gasteiger partial charge in [-0.3, -0.25) is 4.79 Å². The standard InChI is InChI=1S/C10H14N2O5S2/c1-10(4-5-18(14,15)7-10)12-19(16,17)8-2-3-9(13)11-6-8/h2-3,6,12H,4-5,7H2,1H3,(H,11,13). The van der Waals surface area contributed by atoms with Crippen molar-refractivity contribution in [1.29, 1.82) is 0 Å². The van der Waals surface area contributed by atoms with Gasteiger partial charge >= 0.3 is 0 Å². The summed E-state index contributed by atoms with van der Waals surface area (Å²) >= 11 is 0. The number of pyridine rings is 1. The average Bonchev–Trinajstić information content (AvgIpc) is 2.52. The van der Waals surface area contributed by atoms with Crippen molar-refractivity contribution in [3.8, 4) is 0 Å². The first kappa shape index (κ1) is 14.2. The lowest BCUT2D eigenvalue weighted by atomic mass is 10.0. The predicted octanol–water partition coefficient (Wildman–Crippen LogP) is -0.770. The summed E-state index contributed by atoms with van der Waals surface area (Å²) in [5.41, 5.74) is -1.41. The molecule has 2 heterocycles. The van der Waals surface area contributed by atoms with Gasteiger partial charge in [-0.2, -0.15) is 0 Å². The van der Waals surface area contributed by atoms with Crippen molar-refractivity contribution >= 4 is 19.9 Å². The Morgan fingerprint density at radius 2 is 2.05 bits per heavy atom. The second-order valence-electron chi connectivity index (χ2n) is 4.90. The zero-order valence-corrected chi connectivity index (χ0v) is 11.8. The number of hydrogen-bond donors (Lipinski definition) is 2. The fourth-order valence-corrected chi connectivity index (χ4v) is 5.62. The second-order valence-corrected chi connectivity index (χ2v) is 8.76. The summed E-state index contributed by atoms with van der Waals surface area (Å²) < 4.78 is 49.4. The molecule has 1 atom stereocenters. The highest BCUT2D eigenvalue weighted by molar-refractivity contribution is 7.92. The number of nitrogens with one attached hydrogen (secondary N) is 2. The molecule has 1 aliphatic rings. The number of aromatic nitrogens is 1.